The first kappa shape index (κ1) is 29.4. The van der Waals surface area contributed by atoms with Gasteiger partial charge in [0.15, 0.2) is 0 Å². The molecule has 3 heteroatoms. The molecule has 0 aromatic carbocycles. The molecule has 166 valence electrons. The molecule has 0 radical (unpaired) electrons. The van der Waals surface area contributed by atoms with Gasteiger partial charge in [0.05, 0.1) is 7.11 Å². The Morgan fingerprint density at radius 1 is 1.03 bits per heavy atom. The van der Waals surface area contributed by atoms with Crippen molar-refractivity contribution in [2.75, 3.05) is 13.7 Å². The molecule has 0 saturated heterocycles. The van der Waals surface area contributed by atoms with Crippen LogP contribution in [0.25, 0.3) is 0 Å². The van der Waals surface area contributed by atoms with Gasteiger partial charge in [-0.2, -0.15) is 0 Å². The first-order valence-electron chi connectivity index (χ1n) is 10.1. The zero-order chi connectivity index (χ0) is 23.7. The third kappa shape index (κ3) is 14.2. The number of carbonyl (C=O) groups is 1. The van der Waals surface area contributed by atoms with Gasteiger partial charge in [0.25, 0.3) is 0 Å². The quantitative estimate of drug-likeness (QED) is 0.146. The highest BCUT2D eigenvalue weighted by atomic mass is 16.5. The number of hydrogen-bond donors (Lipinski definition) is 0. The number of hydrogen-bond acceptors (Lipinski definition) is 3. The lowest BCUT2D eigenvalue weighted by molar-refractivity contribution is -0.139. The summed E-state index contributed by atoms with van der Waals surface area (Å²) in [5.74, 6) is 0.862. The minimum atomic E-state index is -0.370. The first-order chi connectivity index (χ1) is 14.0. The zero-order valence-electron chi connectivity index (χ0n) is 19.8. The Labute approximate surface area is 184 Å². The van der Waals surface area contributed by atoms with Crippen LogP contribution in [0.5, 0.6) is 0 Å². The second-order valence-electron chi connectivity index (χ2n) is 7.00. The van der Waals surface area contributed by atoms with E-state index in [-0.39, 0.29) is 18.5 Å². The van der Waals surface area contributed by atoms with Crippen molar-refractivity contribution in [1.82, 2.24) is 0 Å². The Morgan fingerprint density at radius 2 is 1.60 bits per heavy atom. The molecule has 0 N–H and O–H groups in total. The van der Waals surface area contributed by atoms with Crippen LogP contribution in [0.3, 0.4) is 0 Å². The minimum Gasteiger partial charge on any atom is -0.497 e. The molecule has 30 heavy (non-hydrogen) atoms. The summed E-state index contributed by atoms with van der Waals surface area (Å²) < 4.78 is 10.2. The van der Waals surface area contributed by atoms with Gasteiger partial charge in [-0.25, -0.2) is 0 Å². The number of esters is 1. The fourth-order valence-corrected chi connectivity index (χ4v) is 1.90. The van der Waals surface area contributed by atoms with Crippen LogP contribution in [0.1, 0.15) is 41.0 Å². The predicted molar refractivity (Wildman–Crippen MR) is 131 cm³/mol. The van der Waals surface area contributed by atoms with Gasteiger partial charge in [-0.3, -0.25) is 4.79 Å². The topological polar surface area (TPSA) is 35.5 Å². The van der Waals surface area contributed by atoms with Crippen LogP contribution >= 0.6 is 0 Å². The highest BCUT2D eigenvalue weighted by Crippen LogP contribution is 2.19. The van der Waals surface area contributed by atoms with E-state index >= 15 is 0 Å². The van der Waals surface area contributed by atoms with E-state index in [4.69, 9.17) is 9.47 Å². The van der Waals surface area contributed by atoms with Crippen LogP contribution in [-0.4, -0.2) is 19.7 Å². The molecule has 0 aliphatic carbocycles. The second kappa shape index (κ2) is 17.1. The van der Waals surface area contributed by atoms with Crippen molar-refractivity contribution in [2.24, 2.45) is 11.8 Å². The summed E-state index contributed by atoms with van der Waals surface area (Å²) in [5.41, 5.74) is 3.05. The molecule has 0 aliphatic heterocycles. The summed E-state index contributed by atoms with van der Waals surface area (Å²) in [6.45, 7) is 29.2. The second-order valence-corrected chi connectivity index (χ2v) is 7.00. The van der Waals surface area contributed by atoms with Crippen LogP contribution < -0.4 is 0 Å². The van der Waals surface area contributed by atoms with Crippen molar-refractivity contribution in [3.63, 3.8) is 0 Å². The summed E-state index contributed by atoms with van der Waals surface area (Å²) in [6, 6.07) is 0. The maximum atomic E-state index is 11.0. The predicted octanol–water partition coefficient (Wildman–Crippen LogP) is 7.29. The summed E-state index contributed by atoms with van der Waals surface area (Å²) >= 11 is 0. The Kier molecular flexibility index (Phi) is 16.7. The Balaban J connectivity index is 0. The summed E-state index contributed by atoms with van der Waals surface area (Å²) in [7, 11) is 1.51. The van der Waals surface area contributed by atoms with Gasteiger partial charge in [0.1, 0.15) is 12.4 Å². The lowest BCUT2D eigenvalue weighted by Crippen LogP contribution is -2.06. The maximum absolute atomic E-state index is 11.0. The van der Waals surface area contributed by atoms with E-state index in [1.165, 1.54) is 14.0 Å². The monoisotopic (exact) mass is 412 g/mol. The summed E-state index contributed by atoms with van der Waals surface area (Å²) in [6.07, 6.45) is 12.9. The van der Waals surface area contributed by atoms with E-state index in [0.717, 1.165) is 17.6 Å². The molecule has 3 nitrogen and oxygen atoms in total. The normalized spacial score (nSPS) is 13.1. The van der Waals surface area contributed by atoms with Crippen LogP contribution in [0.4, 0.5) is 0 Å². The Morgan fingerprint density at radius 3 is 2.07 bits per heavy atom. The molecule has 0 amide bonds. The van der Waals surface area contributed by atoms with Gasteiger partial charge < -0.3 is 9.47 Å². The standard InChI is InChI=1S/C24H34O3.C3H6/c1-10-17(2)11-12-18(3)19(4)13-14-20(5)21(6)15-24(22(7)26-9)16-27-23(8)25;1-3-2/h11-15,17-18H,4-7,10,16H2,1-3,8-9H3;3H,1H2,2H3/b12-11-,14-13-,24-15-;. The Hall–Kier alpha value is -2.81. The third-order valence-electron chi connectivity index (χ3n) is 4.25. The largest absolute Gasteiger partial charge is 0.497 e. The molecule has 0 bridgehead atoms. The first-order valence-corrected chi connectivity index (χ1v) is 10.1. The molecule has 0 heterocycles. The van der Waals surface area contributed by atoms with E-state index < -0.39 is 0 Å². The lowest BCUT2D eigenvalue weighted by Gasteiger charge is -2.11. The van der Waals surface area contributed by atoms with Crippen molar-refractivity contribution in [3.05, 3.63) is 97.4 Å². The molecular weight excluding hydrogens is 372 g/mol. The average Bonchev–Trinajstić information content (AvgIpc) is 2.71. The fourth-order valence-electron chi connectivity index (χ4n) is 1.90. The van der Waals surface area contributed by atoms with Gasteiger partial charge in [0.2, 0.25) is 0 Å². The van der Waals surface area contributed by atoms with Gasteiger partial charge >= 0.3 is 5.97 Å². The molecule has 0 aromatic heterocycles. The van der Waals surface area contributed by atoms with E-state index in [1.54, 1.807) is 12.2 Å². The van der Waals surface area contributed by atoms with E-state index in [0.29, 0.717) is 22.8 Å². The van der Waals surface area contributed by atoms with Crippen LogP contribution in [-0.2, 0) is 14.3 Å². The van der Waals surface area contributed by atoms with Crippen molar-refractivity contribution in [1.29, 1.82) is 0 Å². The van der Waals surface area contributed by atoms with Gasteiger partial charge in [-0.1, -0.05) is 83.9 Å². The van der Waals surface area contributed by atoms with E-state index in [2.05, 4.69) is 65.8 Å². The smallest absolute Gasteiger partial charge is 0.302 e. The third-order valence-corrected chi connectivity index (χ3v) is 4.25. The maximum Gasteiger partial charge on any atom is 0.302 e. The molecule has 0 rings (SSSR count). The molecule has 0 saturated carbocycles. The molecule has 0 aromatic rings. The average molecular weight is 413 g/mol. The van der Waals surface area contributed by atoms with E-state index in [1.807, 2.05) is 19.1 Å². The van der Waals surface area contributed by atoms with Crippen molar-refractivity contribution < 1.29 is 14.3 Å². The summed E-state index contributed by atoms with van der Waals surface area (Å²) in [4.78, 5) is 11.0. The number of carbonyl (C=O) groups excluding carboxylic acids is 1. The van der Waals surface area contributed by atoms with Crippen LogP contribution in [0.15, 0.2) is 97.4 Å². The van der Waals surface area contributed by atoms with Gasteiger partial charge in [-0.05, 0) is 41.6 Å². The molecular formula is C27H40O3. The zero-order valence-corrected chi connectivity index (χ0v) is 19.8. The van der Waals surface area contributed by atoms with Crippen molar-refractivity contribution >= 4 is 5.97 Å². The number of allylic oxidation sites excluding steroid dienone is 9. The van der Waals surface area contributed by atoms with Crippen LogP contribution in [0.2, 0.25) is 0 Å². The molecule has 0 spiro atoms. The van der Waals surface area contributed by atoms with Crippen molar-refractivity contribution in [3.8, 4) is 0 Å². The number of methoxy groups -OCH3 is 1. The summed E-state index contributed by atoms with van der Waals surface area (Å²) in [5, 5.41) is 0. The highest BCUT2D eigenvalue weighted by Gasteiger charge is 2.07. The fraction of sp³-hybridized carbons (Fsp3) is 0.370. The Bertz CT molecular complexity index is 702. The lowest BCUT2D eigenvalue weighted by atomic mass is 9.97. The minimum absolute atomic E-state index is 0.0716. The van der Waals surface area contributed by atoms with Gasteiger partial charge in [-0.15, -0.1) is 6.58 Å². The molecule has 2 atom stereocenters. The van der Waals surface area contributed by atoms with Gasteiger partial charge in [0, 0.05) is 12.5 Å². The number of rotatable bonds is 12. The molecule has 2 unspecified atom stereocenters. The highest BCUT2D eigenvalue weighted by molar-refractivity contribution is 5.66. The van der Waals surface area contributed by atoms with E-state index in [9.17, 15) is 4.79 Å². The van der Waals surface area contributed by atoms with Crippen molar-refractivity contribution in [2.45, 2.75) is 41.0 Å². The molecule has 0 fully saturated rings. The number of ether oxygens (including phenoxy) is 2. The molecule has 0 aliphatic rings. The van der Waals surface area contributed by atoms with Crippen LogP contribution in [0, 0.1) is 11.8 Å². The SMILES string of the molecule is C=C(/C=C\C(=C)C(C)/C=C\C(C)CC)C(=C)/C=C(/COC(C)=O)C(=C)OC.C=CC.